The number of fused-ring (bicyclic) bond motifs is 4. The van der Waals surface area contributed by atoms with Crippen molar-refractivity contribution in [3.05, 3.63) is 192 Å². The second kappa shape index (κ2) is 20.0. The van der Waals surface area contributed by atoms with Gasteiger partial charge in [0.2, 0.25) is 0 Å². The summed E-state index contributed by atoms with van der Waals surface area (Å²) in [5, 5.41) is 3.28. The largest absolute Gasteiger partial charge is 0.501 e. The van der Waals surface area contributed by atoms with Gasteiger partial charge in [0.15, 0.2) is 0 Å². The molecule has 1 radical (unpaired) electrons. The van der Waals surface area contributed by atoms with Crippen LogP contribution in [0.3, 0.4) is 0 Å². The number of imidazole rings is 1. The van der Waals surface area contributed by atoms with Crippen LogP contribution in [0.2, 0.25) is 19.6 Å². The van der Waals surface area contributed by atoms with E-state index < -0.39 is 31.6 Å². The normalized spacial score (nSPS) is 13.3. The third kappa shape index (κ3) is 10.5. The van der Waals surface area contributed by atoms with Crippen LogP contribution in [-0.4, -0.2) is 22.6 Å². The second-order valence-corrected chi connectivity index (χ2v) is 25.1. The molecule has 0 bridgehead atoms. The van der Waals surface area contributed by atoms with Crippen LogP contribution >= 0.6 is 0 Å². The quantitative estimate of drug-likeness (QED) is 0.107. The number of aromatic nitrogens is 3. The molecule has 0 spiro atoms. The first kappa shape index (κ1) is 44.0. The molecule has 0 saturated heterocycles. The molecule has 4 nitrogen and oxygen atoms in total. The van der Waals surface area contributed by atoms with Crippen LogP contribution in [0.4, 0.5) is 4.39 Å². The molecule has 0 aliphatic heterocycles. The maximum absolute atomic E-state index is 12.8. The minimum absolute atomic E-state index is 0. The zero-order chi connectivity index (χ0) is 51.5. The smallest absolute Gasteiger partial charge is 0.121 e. The maximum Gasteiger partial charge on any atom is 0.121 e. The molecule has 0 N–H and O–H groups in total. The molecular formula is C62H60FIrN3OSi-2. The molecule has 0 fully saturated rings. The summed E-state index contributed by atoms with van der Waals surface area (Å²) in [6, 6.07) is 55.2. The SMILES string of the molecule is C[Si](C)(C)c1ccc(-c2[c-]cc(F)cc2)nc1.[2H]C(C)(C)c1cc(-c2ccc(C([2H])([2H])C(C)(C)C)cc2)cc(C([2H])(C)C)c1-n1c(-c2[c-]ccc3c2oc2cc(-c4ccccc4)ccc23)nc2ccccc21.[Ir]. The molecule has 351 valence electrons. The van der Waals surface area contributed by atoms with E-state index in [2.05, 4.69) is 89.9 Å². The number of rotatable bonds is 9. The van der Waals surface area contributed by atoms with Crippen LogP contribution in [0.1, 0.15) is 82.4 Å². The Kier molecular flexibility index (Phi) is 12.8. The monoisotopic (exact) mass is 1110 g/mol. The Hall–Kier alpha value is -6.24. The standard InChI is InChI=1S/C48H45N2O.C14H15FNSi.Ir/c1-30(2)40-26-36(34-22-20-32(21-23-34)29-48(5,6)7)27-41(31(3)4)45(40)50-43-19-12-11-18-42(43)49-47(50)39-17-13-16-38-37-25-24-35(28-44(37)51-46(38)39)33-14-9-8-10-15-33;1-17(2,3)13-8-9-14(16-10-13)11-4-6-12(15)7-5-11;/h8-16,18-28,30-31H,29H2,1-7H3;4,6-10H,1-3H3;/q2*-1;/i29D2,30D,31D;;. The van der Waals surface area contributed by atoms with E-state index in [1.807, 2.05) is 140 Å². The van der Waals surface area contributed by atoms with Gasteiger partial charge in [-0.25, -0.2) is 0 Å². The molecule has 3 aromatic heterocycles. The van der Waals surface area contributed by atoms with Crippen molar-refractivity contribution in [3.8, 4) is 50.6 Å². The van der Waals surface area contributed by atoms with E-state index in [0.717, 1.165) is 77.7 Å². The molecule has 0 unspecified atom stereocenters. The van der Waals surface area contributed by atoms with Gasteiger partial charge in [-0.15, -0.1) is 48.0 Å². The van der Waals surface area contributed by atoms with Crippen LogP contribution in [0.5, 0.6) is 0 Å². The Morgan fingerprint density at radius 2 is 1.39 bits per heavy atom. The molecule has 0 atom stereocenters. The molecular weight excluding hydrogens is 1040 g/mol. The Labute approximate surface area is 427 Å². The summed E-state index contributed by atoms with van der Waals surface area (Å²) in [6.45, 7) is 20.1. The van der Waals surface area contributed by atoms with Crippen molar-refractivity contribution >= 4 is 46.2 Å². The van der Waals surface area contributed by atoms with Crippen molar-refractivity contribution < 1.29 is 34.4 Å². The average Bonchev–Trinajstić information content (AvgIpc) is 3.92. The van der Waals surface area contributed by atoms with Crippen molar-refractivity contribution in [2.75, 3.05) is 0 Å². The predicted molar refractivity (Wildman–Crippen MR) is 286 cm³/mol. The molecule has 69 heavy (non-hydrogen) atoms. The van der Waals surface area contributed by atoms with Crippen LogP contribution in [-0.2, 0) is 26.5 Å². The summed E-state index contributed by atoms with van der Waals surface area (Å²) in [5.74, 6) is -1.82. The number of nitrogens with zero attached hydrogens (tertiary/aromatic N) is 3. The van der Waals surface area contributed by atoms with Crippen molar-refractivity contribution in [2.24, 2.45) is 5.41 Å². The number of hydrogen-bond acceptors (Lipinski definition) is 3. The van der Waals surface area contributed by atoms with E-state index in [1.165, 1.54) is 17.3 Å². The van der Waals surface area contributed by atoms with E-state index >= 15 is 0 Å². The van der Waals surface area contributed by atoms with Gasteiger partial charge in [0, 0.05) is 48.7 Å². The summed E-state index contributed by atoms with van der Waals surface area (Å²) < 4.78 is 58.4. The summed E-state index contributed by atoms with van der Waals surface area (Å²) in [7, 11) is -1.30. The Balaban J connectivity index is 0.000000335. The molecule has 10 rings (SSSR count). The summed E-state index contributed by atoms with van der Waals surface area (Å²) >= 11 is 0. The predicted octanol–water partition coefficient (Wildman–Crippen LogP) is 16.8. The van der Waals surface area contributed by atoms with Gasteiger partial charge in [0.25, 0.3) is 0 Å². The summed E-state index contributed by atoms with van der Waals surface area (Å²) in [6.07, 6.45) is 0.402. The van der Waals surface area contributed by atoms with E-state index in [4.69, 9.17) is 12.1 Å². The third-order valence-corrected chi connectivity index (χ3v) is 14.2. The Bertz CT molecular complexity index is 3550. The molecule has 7 heteroatoms. The number of hydrogen-bond donors (Lipinski definition) is 0. The maximum atomic E-state index is 12.8. The first-order valence-corrected chi connectivity index (χ1v) is 26.7. The minimum atomic E-state index is -1.53. The zero-order valence-electron chi connectivity index (χ0n) is 45.0. The van der Waals surface area contributed by atoms with Gasteiger partial charge in [-0.2, -0.15) is 0 Å². The Morgan fingerprint density at radius 1 is 0.725 bits per heavy atom. The third-order valence-electron chi connectivity index (χ3n) is 12.2. The Morgan fingerprint density at radius 3 is 2.01 bits per heavy atom. The van der Waals surface area contributed by atoms with Gasteiger partial charge in [0.1, 0.15) is 5.58 Å². The average molecular weight is 1110 g/mol. The molecule has 3 heterocycles. The second-order valence-electron chi connectivity index (χ2n) is 20.0. The minimum Gasteiger partial charge on any atom is -0.501 e. The van der Waals surface area contributed by atoms with Gasteiger partial charge in [-0.05, 0) is 104 Å². The fourth-order valence-electron chi connectivity index (χ4n) is 8.68. The van der Waals surface area contributed by atoms with E-state index in [1.54, 1.807) is 6.07 Å². The van der Waals surface area contributed by atoms with Crippen molar-refractivity contribution in [3.63, 3.8) is 0 Å². The van der Waals surface area contributed by atoms with E-state index in [0.29, 0.717) is 22.5 Å². The van der Waals surface area contributed by atoms with E-state index in [9.17, 15) is 7.13 Å². The molecule has 10 aromatic rings. The van der Waals surface area contributed by atoms with Gasteiger partial charge in [0.05, 0.1) is 30.5 Å². The summed E-state index contributed by atoms with van der Waals surface area (Å²) in [4.78, 5) is 9.66. The number of furan rings is 1. The number of para-hydroxylation sites is 2. The van der Waals surface area contributed by atoms with Crippen LogP contribution in [0.15, 0.2) is 162 Å². The van der Waals surface area contributed by atoms with Crippen LogP contribution < -0.4 is 5.19 Å². The molecule has 0 aliphatic rings. The molecule has 0 amide bonds. The van der Waals surface area contributed by atoms with Gasteiger partial charge in [-0.1, -0.05) is 170 Å². The topological polar surface area (TPSA) is 43.9 Å². The van der Waals surface area contributed by atoms with Crippen LogP contribution in [0, 0.1) is 23.4 Å². The molecule has 0 saturated carbocycles. The number of pyridine rings is 1. The van der Waals surface area contributed by atoms with Crippen LogP contribution in [0.25, 0.3) is 83.6 Å². The molecule has 0 aliphatic carbocycles. The molecule has 7 aromatic carbocycles. The summed E-state index contributed by atoms with van der Waals surface area (Å²) in [5.41, 5.74) is 11.6. The zero-order valence-corrected chi connectivity index (χ0v) is 44.4. The van der Waals surface area contributed by atoms with E-state index in [-0.39, 0.29) is 25.9 Å². The first-order valence-electron chi connectivity index (χ1n) is 25.2. The number of benzene rings is 7. The van der Waals surface area contributed by atoms with Crippen molar-refractivity contribution in [1.82, 2.24) is 14.5 Å². The fraction of sp³-hybridized carbons (Fsp3) is 0.226. The van der Waals surface area contributed by atoms with Gasteiger partial charge < -0.3 is 14.0 Å². The fourth-order valence-corrected chi connectivity index (χ4v) is 9.72. The first-order chi connectivity index (χ1) is 33.9. The van der Waals surface area contributed by atoms with Gasteiger partial charge >= 0.3 is 0 Å². The van der Waals surface area contributed by atoms with Crippen molar-refractivity contribution in [1.29, 1.82) is 0 Å². The number of halogens is 1. The van der Waals surface area contributed by atoms with Crippen molar-refractivity contribution in [2.45, 2.75) is 86.3 Å². The van der Waals surface area contributed by atoms with Gasteiger partial charge in [-0.3, -0.25) is 9.37 Å².